The largest absolute Gasteiger partial charge is 0.299 e. The van der Waals surface area contributed by atoms with E-state index in [-0.39, 0.29) is 0 Å². The molecule has 0 radical (unpaired) electrons. The highest BCUT2D eigenvalue weighted by molar-refractivity contribution is 7.19. The van der Waals surface area contributed by atoms with Crippen LogP contribution in [0.5, 0.6) is 0 Å². The molecule has 0 aliphatic rings. The fourth-order valence-corrected chi connectivity index (χ4v) is 2.51. The number of aryl methyl sites for hydroxylation is 1. The molecule has 3 aromatic rings. The molecule has 0 saturated carbocycles. The summed E-state index contributed by atoms with van der Waals surface area (Å²) in [6.07, 6.45) is -1.04. The summed E-state index contributed by atoms with van der Waals surface area (Å²) in [6, 6.07) is 1.79. The predicted molar refractivity (Wildman–Crippen MR) is 60.5 cm³/mol. The van der Waals surface area contributed by atoms with E-state index in [1.807, 2.05) is 6.92 Å². The molecular formula is C9H8F2N6S. The van der Waals surface area contributed by atoms with Crippen molar-refractivity contribution in [2.75, 3.05) is 0 Å². The summed E-state index contributed by atoms with van der Waals surface area (Å²) >= 11 is 1.21. The molecule has 3 rings (SSSR count). The average molecular weight is 270 g/mol. The quantitative estimate of drug-likeness (QED) is 0.730. The van der Waals surface area contributed by atoms with Gasteiger partial charge in [0.05, 0.1) is 5.69 Å². The molecule has 0 aliphatic carbocycles. The Bertz CT molecular complexity index is 684. The minimum Gasteiger partial charge on any atom is -0.263 e. The molecule has 0 saturated heterocycles. The standard InChI is InChI=1S/C9H8F2N6S/c1-2-16-5(3-4-12-16)8-15-17-7(6(10)11)13-14-9(17)18-8/h3-4,6H,2H2,1H3. The summed E-state index contributed by atoms with van der Waals surface area (Å²) in [7, 11) is 0. The van der Waals surface area contributed by atoms with Crippen LogP contribution in [-0.2, 0) is 6.54 Å². The highest BCUT2D eigenvalue weighted by Crippen LogP contribution is 2.27. The van der Waals surface area contributed by atoms with E-state index in [0.29, 0.717) is 16.5 Å². The molecule has 0 aromatic carbocycles. The number of hydrogen-bond acceptors (Lipinski definition) is 5. The summed E-state index contributed by atoms with van der Waals surface area (Å²) in [5, 5.41) is 15.9. The molecule has 0 bridgehead atoms. The van der Waals surface area contributed by atoms with Crippen molar-refractivity contribution in [3.8, 4) is 10.7 Å². The van der Waals surface area contributed by atoms with Gasteiger partial charge in [0, 0.05) is 12.7 Å². The van der Waals surface area contributed by atoms with Crippen LogP contribution in [0.2, 0.25) is 0 Å². The van der Waals surface area contributed by atoms with Crippen LogP contribution in [0.1, 0.15) is 19.2 Å². The Hall–Kier alpha value is -1.90. The van der Waals surface area contributed by atoms with Crippen molar-refractivity contribution in [1.29, 1.82) is 0 Å². The molecule has 3 heterocycles. The van der Waals surface area contributed by atoms with Gasteiger partial charge in [-0.25, -0.2) is 8.78 Å². The molecule has 0 amide bonds. The maximum atomic E-state index is 12.7. The molecular weight excluding hydrogens is 262 g/mol. The molecule has 6 nitrogen and oxygen atoms in total. The van der Waals surface area contributed by atoms with E-state index in [2.05, 4.69) is 20.4 Å². The number of nitrogens with zero attached hydrogens (tertiary/aromatic N) is 6. The molecule has 9 heteroatoms. The van der Waals surface area contributed by atoms with Crippen molar-refractivity contribution in [3.05, 3.63) is 18.1 Å². The molecule has 0 aliphatic heterocycles. The Labute approximate surface area is 104 Å². The van der Waals surface area contributed by atoms with E-state index in [1.165, 1.54) is 11.3 Å². The van der Waals surface area contributed by atoms with E-state index in [9.17, 15) is 8.78 Å². The van der Waals surface area contributed by atoms with Crippen LogP contribution in [0.25, 0.3) is 15.7 Å². The summed E-state index contributed by atoms with van der Waals surface area (Å²) in [4.78, 5) is 0.351. The van der Waals surface area contributed by atoms with Gasteiger partial charge in [0.2, 0.25) is 10.8 Å². The van der Waals surface area contributed by atoms with Crippen LogP contribution in [0.15, 0.2) is 12.3 Å². The lowest BCUT2D eigenvalue weighted by Crippen LogP contribution is -2.00. The molecule has 0 fully saturated rings. The average Bonchev–Trinajstić information content (AvgIpc) is 3.01. The summed E-state index contributed by atoms with van der Waals surface area (Å²) in [6.45, 7) is 2.63. The third kappa shape index (κ3) is 1.58. The van der Waals surface area contributed by atoms with Gasteiger partial charge in [-0.15, -0.1) is 10.2 Å². The molecule has 0 N–H and O–H groups in total. The van der Waals surface area contributed by atoms with E-state index in [0.717, 1.165) is 10.2 Å². The van der Waals surface area contributed by atoms with Crippen molar-refractivity contribution in [3.63, 3.8) is 0 Å². The van der Waals surface area contributed by atoms with Gasteiger partial charge in [0.15, 0.2) is 5.01 Å². The van der Waals surface area contributed by atoms with Crippen LogP contribution >= 0.6 is 11.3 Å². The van der Waals surface area contributed by atoms with Crippen LogP contribution in [0, 0.1) is 0 Å². The Kier molecular flexibility index (Phi) is 2.54. The zero-order valence-electron chi connectivity index (χ0n) is 9.29. The second-order valence-electron chi connectivity index (χ2n) is 3.49. The Morgan fingerprint density at radius 2 is 2.22 bits per heavy atom. The highest BCUT2D eigenvalue weighted by atomic mass is 32.1. The van der Waals surface area contributed by atoms with E-state index >= 15 is 0 Å². The number of hydrogen-bond donors (Lipinski definition) is 0. The maximum absolute atomic E-state index is 12.7. The topological polar surface area (TPSA) is 60.9 Å². The van der Waals surface area contributed by atoms with Gasteiger partial charge < -0.3 is 0 Å². The number of rotatable bonds is 3. The molecule has 0 unspecified atom stereocenters. The van der Waals surface area contributed by atoms with E-state index in [1.54, 1.807) is 16.9 Å². The van der Waals surface area contributed by atoms with Gasteiger partial charge in [0.1, 0.15) is 0 Å². The van der Waals surface area contributed by atoms with Gasteiger partial charge in [0.25, 0.3) is 6.43 Å². The third-order valence-electron chi connectivity index (χ3n) is 2.45. The second-order valence-corrected chi connectivity index (χ2v) is 4.45. The van der Waals surface area contributed by atoms with Gasteiger partial charge in [-0.1, -0.05) is 11.3 Å². The second kappa shape index (κ2) is 4.09. The van der Waals surface area contributed by atoms with Gasteiger partial charge in [-0.2, -0.15) is 14.7 Å². The number of alkyl halides is 2. The number of fused-ring (bicyclic) bond motifs is 1. The minimum absolute atomic E-state index is 0.351. The van der Waals surface area contributed by atoms with Crippen molar-refractivity contribution >= 4 is 16.3 Å². The summed E-state index contributed by atoms with van der Waals surface area (Å²) in [5.41, 5.74) is 0.785. The fourth-order valence-electron chi connectivity index (χ4n) is 1.64. The summed E-state index contributed by atoms with van der Waals surface area (Å²) in [5.74, 6) is -0.435. The predicted octanol–water partition coefficient (Wildman–Crippen LogP) is 2.01. The molecule has 0 atom stereocenters. The zero-order chi connectivity index (χ0) is 12.7. The SMILES string of the molecule is CCn1nccc1-c1nn2c(C(F)F)nnc2s1. The first-order valence-corrected chi connectivity index (χ1v) is 6.05. The monoisotopic (exact) mass is 270 g/mol. The maximum Gasteiger partial charge on any atom is 0.299 e. The van der Waals surface area contributed by atoms with Crippen LogP contribution in [-0.4, -0.2) is 29.6 Å². The normalized spacial score (nSPS) is 11.8. The van der Waals surface area contributed by atoms with Crippen LogP contribution in [0.3, 0.4) is 0 Å². The zero-order valence-corrected chi connectivity index (χ0v) is 10.1. The van der Waals surface area contributed by atoms with Crippen molar-refractivity contribution in [2.45, 2.75) is 19.9 Å². The minimum atomic E-state index is -2.69. The fraction of sp³-hybridized carbons (Fsp3) is 0.333. The smallest absolute Gasteiger partial charge is 0.263 e. The van der Waals surface area contributed by atoms with Crippen molar-refractivity contribution < 1.29 is 8.78 Å². The van der Waals surface area contributed by atoms with Crippen molar-refractivity contribution in [1.82, 2.24) is 29.6 Å². The lowest BCUT2D eigenvalue weighted by molar-refractivity contribution is 0.137. The molecule has 94 valence electrons. The van der Waals surface area contributed by atoms with E-state index in [4.69, 9.17) is 0 Å². The third-order valence-corrected chi connectivity index (χ3v) is 3.37. The van der Waals surface area contributed by atoms with Crippen LogP contribution < -0.4 is 0 Å². The van der Waals surface area contributed by atoms with Crippen LogP contribution in [0.4, 0.5) is 8.78 Å². The van der Waals surface area contributed by atoms with Gasteiger partial charge in [-0.3, -0.25) is 4.68 Å². The van der Waals surface area contributed by atoms with Gasteiger partial charge in [-0.05, 0) is 13.0 Å². The Balaban J connectivity index is 2.14. The number of halogens is 2. The highest BCUT2D eigenvalue weighted by Gasteiger charge is 2.20. The summed E-state index contributed by atoms with van der Waals surface area (Å²) < 4.78 is 28.1. The number of aromatic nitrogens is 6. The lowest BCUT2D eigenvalue weighted by Gasteiger charge is -1.99. The molecule has 18 heavy (non-hydrogen) atoms. The van der Waals surface area contributed by atoms with E-state index < -0.39 is 12.2 Å². The van der Waals surface area contributed by atoms with Crippen molar-refractivity contribution in [2.24, 2.45) is 0 Å². The first kappa shape index (κ1) is 11.2. The molecule has 3 aromatic heterocycles. The molecule has 0 spiro atoms. The lowest BCUT2D eigenvalue weighted by atomic mass is 10.4. The first-order chi connectivity index (χ1) is 8.70. The van der Waals surface area contributed by atoms with Gasteiger partial charge >= 0.3 is 0 Å². The Morgan fingerprint density at radius 1 is 1.39 bits per heavy atom. The first-order valence-electron chi connectivity index (χ1n) is 5.23. The Morgan fingerprint density at radius 3 is 2.94 bits per heavy atom.